The van der Waals surface area contributed by atoms with Gasteiger partial charge in [-0.2, -0.15) is 13.8 Å². The average Bonchev–Trinajstić information content (AvgIpc) is 3.21. The molecule has 0 bridgehead atoms. The number of aromatic nitrogens is 3. The van der Waals surface area contributed by atoms with Gasteiger partial charge in [-0.05, 0) is 44.4 Å². The van der Waals surface area contributed by atoms with Gasteiger partial charge >= 0.3 is 0 Å². The minimum atomic E-state index is -3.65. The van der Waals surface area contributed by atoms with Crippen molar-refractivity contribution in [1.82, 2.24) is 23.4 Å². The molecule has 1 aliphatic rings. The molecule has 1 fully saturated rings. The number of hydrogen-bond acceptors (Lipinski definition) is 6. The number of aryl methyl sites for hydroxylation is 3. The van der Waals surface area contributed by atoms with Gasteiger partial charge in [0.25, 0.3) is 5.91 Å². The lowest BCUT2D eigenvalue weighted by Crippen LogP contribution is -2.50. The van der Waals surface area contributed by atoms with Gasteiger partial charge in [0.15, 0.2) is 0 Å². The summed E-state index contributed by atoms with van der Waals surface area (Å²) in [6.07, 6.45) is 0. The first kappa shape index (κ1) is 20.0. The highest BCUT2D eigenvalue weighted by Crippen LogP contribution is 2.27. The van der Waals surface area contributed by atoms with E-state index in [1.807, 2.05) is 25.1 Å². The van der Waals surface area contributed by atoms with Crippen molar-refractivity contribution in [2.24, 2.45) is 7.05 Å². The van der Waals surface area contributed by atoms with Gasteiger partial charge in [0.1, 0.15) is 10.6 Å². The van der Waals surface area contributed by atoms with Crippen LogP contribution in [0.5, 0.6) is 0 Å². The molecule has 1 aromatic carbocycles. The van der Waals surface area contributed by atoms with Crippen LogP contribution in [0.1, 0.15) is 27.4 Å². The van der Waals surface area contributed by atoms with E-state index < -0.39 is 10.0 Å². The number of piperazine rings is 1. The maximum Gasteiger partial charge on any atom is 0.274 e. The van der Waals surface area contributed by atoms with E-state index in [0.717, 1.165) is 15.6 Å². The maximum absolute atomic E-state index is 13.1. The van der Waals surface area contributed by atoms with Crippen LogP contribution < -0.4 is 0 Å². The first-order valence-electron chi connectivity index (χ1n) is 9.36. The molecule has 0 radical (unpaired) electrons. The van der Waals surface area contributed by atoms with Crippen molar-refractivity contribution in [3.05, 3.63) is 40.8 Å². The fraction of sp³-hybridized carbons (Fsp3) is 0.421. The zero-order valence-electron chi connectivity index (χ0n) is 16.8. The highest BCUT2D eigenvalue weighted by Gasteiger charge is 2.34. The van der Waals surface area contributed by atoms with Gasteiger partial charge in [-0.3, -0.25) is 9.48 Å². The van der Waals surface area contributed by atoms with Crippen LogP contribution >= 0.6 is 11.5 Å². The van der Waals surface area contributed by atoms with Crippen LogP contribution in [0.4, 0.5) is 0 Å². The molecule has 2 aromatic heterocycles. The van der Waals surface area contributed by atoms with Crippen LogP contribution in [-0.4, -0.2) is 63.9 Å². The molecule has 29 heavy (non-hydrogen) atoms. The molecule has 4 rings (SSSR count). The predicted molar refractivity (Wildman–Crippen MR) is 112 cm³/mol. The lowest BCUT2D eigenvalue weighted by atomic mass is 10.1. The molecule has 0 atom stereocenters. The average molecular weight is 434 g/mol. The first-order valence-corrected chi connectivity index (χ1v) is 11.6. The number of sulfonamides is 1. The number of carbonyl (C=O) groups is 1. The van der Waals surface area contributed by atoms with Gasteiger partial charge in [-0.1, -0.05) is 11.6 Å². The summed E-state index contributed by atoms with van der Waals surface area (Å²) in [5, 5.41) is 5.08. The molecule has 1 saturated heterocycles. The lowest BCUT2D eigenvalue weighted by Gasteiger charge is -2.33. The van der Waals surface area contributed by atoms with E-state index in [4.69, 9.17) is 0 Å². The lowest BCUT2D eigenvalue weighted by molar-refractivity contribution is 0.0695. The summed E-state index contributed by atoms with van der Waals surface area (Å²) in [7, 11) is -1.91. The quantitative estimate of drug-likeness (QED) is 0.631. The molecule has 0 unspecified atom stereocenters. The fourth-order valence-corrected chi connectivity index (χ4v) is 6.32. The summed E-state index contributed by atoms with van der Waals surface area (Å²) in [5.74, 6) is -0.146. The first-order chi connectivity index (χ1) is 13.7. The summed E-state index contributed by atoms with van der Waals surface area (Å²) in [5.41, 5.74) is 2.63. The highest BCUT2D eigenvalue weighted by atomic mass is 32.2. The van der Waals surface area contributed by atoms with Crippen molar-refractivity contribution in [2.45, 2.75) is 25.7 Å². The van der Waals surface area contributed by atoms with Crippen LogP contribution in [0, 0.1) is 20.8 Å². The molecular weight excluding hydrogens is 410 g/mol. The molecule has 10 heteroatoms. The van der Waals surface area contributed by atoms with E-state index in [9.17, 15) is 13.2 Å². The second-order valence-electron chi connectivity index (χ2n) is 7.35. The molecule has 0 saturated carbocycles. The van der Waals surface area contributed by atoms with Crippen LogP contribution in [0.15, 0.2) is 23.1 Å². The topological polar surface area (TPSA) is 88.4 Å². The molecular formula is C19H23N5O3S2. The van der Waals surface area contributed by atoms with Gasteiger partial charge in [-0.25, -0.2) is 8.42 Å². The minimum absolute atomic E-state index is 0.146. The van der Waals surface area contributed by atoms with E-state index in [1.165, 1.54) is 15.8 Å². The van der Waals surface area contributed by atoms with E-state index in [1.54, 1.807) is 30.5 Å². The zero-order chi connectivity index (χ0) is 20.9. The minimum Gasteiger partial charge on any atom is -0.335 e. The molecule has 8 nitrogen and oxygen atoms in total. The Kier molecular flexibility index (Phi) is 4.96. The number of rotatable bonds is 3. The summed E-state index contributed by atoms with van der Waals surface area (Å²) in [6.45, 7) is 6.61. The third kappa shape index (κ3) is 3.34. The number of carbonyl (C=O) groups excluding carboxylic acids is 1. The van der Waals surface area contributed by atoms with Crippen molar-refractivity contribution in [1.29, 1.82) is 0 Å². The normalized spacial score (nSPS) is 15.9. The Labute approximate surface area is 173 Å². The molecule has 3 heterocycles. The van der Waals surface area contributed by atoms with E-state index >= 15 is 0 Å². The number of amides is 1. The Morgan fingerprint density at radius 1 is 1.10 bits per heavy atom. The van der Waals surface area contributed by atoms with Crippen molar-refractivity contribution < 1.29 is 13.2 Å². The largest absolute Gasteiger partial charge is 0.335 e. The Morgan fingerprint density at radius 3 is 2.41 bits per heavy atom. The molecule has 3 aromatic rings. The molecule has 1 amide bonds. The number of nitrogens with zero attached hydrogens (tertiary/aromatic N) is 5. The number of benzene rings is 1. The Morgan fingerprint density at radius 2 is 1.79 bits per heavy atom. The van der Waals surface area contributed by atoms with Crippen molar-refractivity contribution in [2.75, 3.05) is 26.2 Å². The van der Waals surface area contributed by atoms with Gasteiger partial charge < -0.3 is 4.90 Å². The Hall–Kier alpha value is -2.30. The van der Waals surface area contributed by atoms with Crippen molar-refractivity contribution in [3.63, 3.8) is 0 Å². The van der Waals surface area contributed by atoms with Gasteiger partial charge in [0.05, 0.1) is 16.1 Å². The van der Waals surface area contributed by atoms with Crippen LogP contribution in [0.3, 0.4) is 0 Å². The highest BCUT2D eigenvalue weighted by molar-refractivity contribution is 7.89. The second-order valence-corrected chi connectivity index (χ2v) is 10.0. The summed E-state index contributed by atoms with van der Waals surface area (Å²) >= 11 is 1.31. The fourth-order valence-electron chi connectivity index (χ4n) is 3.74. The molecule has 0 spiro atoms. The summed E-state index contributed by atoms with van der Waals surface area (Å²) in [6, 6.07) is 5.95. The molecule has 0 aliphatic carbocycles. The predicted octanol–water partition coefficient (Wildman–Crippen LogP) is 2.10. The third-order valence-corrected chi connectivity index (χ3v) is 8.37. The summed E-state index contributed by atoms with van der Waals surface area (Å²) in [4.78, 5) is 15.0. The Balaban J connectivity index is 1.53. The Bertz CT molecular complexity index is 1200. The number of fused-ring (bicyclic) bond motifs is 1. The van der Waals surface area contributed by atoms with Gasteiger partial charge in [-0.15, -0.1) is 0 Å². The zero-order valence-corrected chi connectivity index (χ0v) is 18.5. The molecule has 1 aliphatic heterocycles. The summed E-state index contributed by atoms with van der Waals surface area (Å²) < 4.78 is 34.6. The third-order valence-electron chi connectivity index (χ3n) is 5.39. The van der Waals surface area contributed by atoms with Crippen LogP contribution in [0.25, 0.3) is 10.1 Å². The smallest absolute Gasteiger partial charge is 0.274 e. The second kappa shape index (κ2) is 7.19. The van der Waals surface area contributed by atoms with Gasteiger partial charge in [0, 0.05) is 38.6 Å². The van der Waals surface area contributed by atoms with E-state index in [0.29, 0.717) is 30.2 Å². The standard InChI is InChI=1S/C19H23N5O3S2/c1-12-5-6-16-15(11-12)17(21-28-16)19(25)23-7-9-24(10-8-23)29(26,27)18-13(2)20-22(4)14(18)3/h5-6,11H,7-10H2,1-4H3. The number of hydrogen-bond donors (Lipinski definition) is 0. The van der Waals surface area contributed by atoms with Crippen molar-refractivity contribution >= 4 is 37.5 Å². The van der Waals surface area contributed by atoms with E-state index in [2.05, 4.69) is 9.47 Å². The van der Waals surface area contributed by atoms with Crippen LogP contribution in [-0.2, 0) is 17.1 Å². The van der Waals surface area contributed by atoms with E-state index in [-0.39, 0.29) is 23.9 Å². The molecule has 154 valence electrons. The maximum atomic E-state index is 13.1. The van der Waals surface area contributed by atoms with Crippen LogP contribution in [0.2, 0.25) is 0 Å². The van der Waals surface area contributed by atoms with Gasteiger partial charge in [0.2, 0.25) is 10.0 Å². The monoisotopic (exact) mass is 433 g/mol. The SMILES string of the molecule is Cc1ccc2snc(C(=O)N3CCN(S(=O)(=O)c4c(C)nn(C)c4C)CC3)c2c1. The van der Waals surface area contributed by atoms with Crippen molar-refractivity contribution in [3.8, 4) is 0 Å². The molecule has 0 N–H and O–H groups in total.